The summed E-state index contributed by atoms with van der Waals surface area (Å²) in [6.45, 7) is 8.08. The first-order valence-electron chi connectivity index (χ1n) is 6.74. The van der Waals surface area contributed by atoms with Gasteiger partial charge in [-0.1, -0.05) is 13.8 Å². The fourth-order valence-corrected chi connectivity index (χ4v) is 3.90. The molecule has 1 saturated heterocycles. The number of hydrogen-bond acceptors (Lipinski definition) is 3. The average Bonchev–Trinajstić information content (AvgIpc) is 2.36. The zero-order valence-electron chi connectivity index (χ0n) is 12.1. The summed E-state index contributed by atoms with van der Waals surface area (Å²) in [5.41, 5.74) is 2.91. The fraction of sp³-hybridized carbons (Fsp3) is 0.533. The zero-order valence-corrected chi connectivity index (χ0v) is 12.9. The van der Waals surface area contributed by atoms with Crippen LogP contribution in [-0.4, -0.2) is 41.4 Å². The molecule has 1 aliphatic heterocycles. The Hall–Kier alpha value is -1.16. The van der Waals surface area contributed by atoms with E-state index in [4.69, 9.17) is 0 Å². The van der Waals surface area contributed by atoms with Gasteiger partial charge in [0, 0.05) is 41.9 Å². The molecule has 4 heteroatoms. The maximum Gasteiger partial charge on any atom is 0.254 e. The van der Waals surface area contributed by atoms with Crippen LogP contribution in [0.25, 0.3) is 0 Å². The monoisotopic (exact) mass is 278 g/mol. The third-order valence-electron chi connectivity index (χ3n) is 3.45. The van der Waals surface area contributed by atoms with Crippen molar-refractivity contribution in [1.29, 1.82) is 0 Å². The first-order valence-corrected chi connectivity index (χ1v) is 7.68. The second kappa shape index (κ2) is 5.87. The molecule has 104 valence electrons. The number of amides is 1. The van der Waals surface area contributed by atoms with Gasteiger partial charge in [-0.15, -0.1) is 0 Å². The molecule has 1 heterocycles. The van der Waals surface area contributed by atoms with Crippen LogP contribution in [0.15, 0.2) is 18.2 Å². The van der Waals surface area contributed by atoms with Crippen molar-refractivity contribution in [1.82, 2.24) is 4.90 Å². The fourth-order valence-electron chi connectivity index (χ4n) is 2.57. The highest BCUT2D eigenvalue weighted by atomic mass is 32.2. The van der Waals surface area contributed by atoms with Crippen molar-refractivity contribution in [2.75, 3.05) is 25.5 Å². The molecular formula is C15H22N2OS. The van der Waals surface area contributed by atoms with Crippen LogP contribution in [0, 0.1) is 6.92 Å². The molecule has 1 amide bonds. The van der Waals surface area contributed by atoms with E-state index in [1.54, 1.807) is 0 Å². The van der Waals surface area contributed by atoms with Gasteiger partial charge in [-0.05, 0) is 30.7 Å². The van der Waals surface area contributed by atoms with Crippen LogP contribution in [-0.2, 0) is 0 Å². The number of carbonyl (C=O) groups excluding carboxylic acids is 1. The van der Waals surface area contributed by atoms with Crippen molar-refractivity contribution in [3.05, 3.63) is 29.3 Å². The molecule has 1 N–H and O–H groups in total. The number of rotatable bonds is 2. The molecule has 1 aliphatic rings. The van der Waals surface area contributed by atoms with E-state index in [9.17, 15) is 4.79 Å². The van der Waals surface area contributed by atoms with Gasteiger partial charge >= 0.3 is 0 Å². The van der Waals surface area contributed by atoms with E-state index in [0.29, 0.717) is 10.5 Å². The van der Waals surface area contributed by atoms with Crippen LogP contribution in [0.2, 0.25) is 0 Å². The Morgan fingerprint density at radius 3 is 2.47 bits per heavy atom. The van der Waals surface area contributed by atoms with E-state index in [1.807, 2.05) is 48.8 Å². The van der Waals surface area contributed by atoms with Crippen LogP contribution in [0.4, 0.5) is 5.69 Å². The molecular weight excluding hydrogens is 256 g/mol. The van der Waals surface area contributed by atoms with E-state index in [0.717, 1.165) is 29.9 Å². The minimum Gasteiger partial charge on any atom is -0.388 e. The molecule has 0 radical (unpaired) electrons. The number of nitrogens with one attached hydrogen (secondary N) is 1. The minimum absolute atomic E-state index is 0.166. The number of anilines is 1. The maximum absolute atomic E-state index is 12.6. The van der Waals surface area contributed by atoms with Crippen molar-refractivity contribution in [3.63, 3.8) is 0 Å². The van der Waals surface area contributed by atoms with Crippen molar-refractivity contribution in [3.8, 4) is 0 Å². The quantitative estimate of drug-likeness (QED) is 0.902. The third-order valence-corrected chi connectivity index (χ3v) is 4.68. The van der Waals surface area contributed by atoms with Crippen molar-refractivity contribution < 1.29 is 4.79 Å². The van der Waals surface area contributed by atoms with Crippen LogP contribution < -0.4 is 5.32 Å². The number of aryl methyl sites for hydroxylation is 1. The summed E-state index contributed by atoms with van der Waals surface area (Å²) in [7, 11) is 1.89. The summed E-state index contributed by atoms with van der Waals surface area (Å²) in [6, 6.07) is 5.92. The van der Waals surface area contributed by atoms with Gasteiger partial charge in [0.1, 0.15) is 0 Å². The summed E-state index contributed by atoms with van der Waals surface area (Å²) in [4.78, 5) is 14.6. The predicted molar refractivity (Wildman–Crippen MR) is 83.1 cm³/mol. The Balaban J connectivity index is 2.19. The Morgan fingerprint density at radius 2 is 1.95 bits per heavy atom. The minimum atomic E-state index is 0.166. The van der Waals surface area contributed by atoms with Gasteiger partial charge in [0.15, 0.2) is 0 Å². The molecule has 2 unspecified atom stereocenters. The molecule has 2 rings (SSSR count). The van der Waals surface area contributed by atoms with Gasteiger partial charge in [-0.2, -0.15) is 11.8 Å². The highest BCUT2D eigenvalue weighted by molar-refractivity contribution is 8.00. The van der Waals surface area contributed by atoms with Gasteiger partial charge in [0.25, 0.3) is 5.91 Å². The lowest BCUT2D eigenvalue weighted by Gasteiger charge is -2.35. The van der Waals surface area contributed by atoms with E-state index < -0.39 is 0 Å². The van der Waals surface area contributed by atoms with E-state index in [2.05, 4.69) is 19.2 Å². The molecule has 0 aliphatic carbocycles. The second-order valence-corrected chi connectivity index (χ2v) is 7.13. The van der Waals surface area contributed by atoms with E-state index in [-0.39, 0.29) is 5.91 Å². The number of nitrogens with zero attached hydrogens (tertiary/aromatic N) is 1. The number of thioether (sulfide) groups is 1. The van der Waals surface area contributed by atoms with Gasteiger partial charge < -0.3 is 10.2 Å². The SMILES string of the molecule is CNc1ccc(C(=O)N2CC(C)SC(C)C2)c(C)c1. The lowest BCUT2D eigenvalue weighted by molar-refractivity contribution is 0.0752. The Morgan fingerprint density at radius 1 is 1.32 bits per heavy atom. The summed E-state index contributed by atoms with van der Waals surface area (Å²) in [5, 5.41) is 4.14. The van der Waals surface area contributed by atoms with Crippen LogP contribution >= 0.6 is 11.8 Å². The van der Waals surface area contributed by atoms with Crippen molar-refractivity contribution in [2.45, 2.75) is 31.3 Å². The molecule has 0 bridgehead atoms. The van der Waals surface area contributed by atoms with E-state index >= 15 is 0 Å². The molecule has 0 aromatic heterocycles. The number of benzene rings is 1. The van der Waals surface area contributed by atoms with E-state index in [1.165, 1.54) is 0 Å². The number of carbonyl (C=O) groups is 1. The maximum atomic E-state index is 12.6. The second-order valence-electron chi connectivity index (χ2n) is 5.25. The van der Waals surface area contributed by atoms with Gasteiger partial charge in [0.2, 0.25) is 0 Å². The van der Waals surface area contributed by atoms with Gasteiger partial charge in [0.05, 0.1) is 0 Å². The summed E-state index contributed by atoms with van der Waals surface area (Å²) < 4.78 is 0. The highest BCUT2D eigenvalue weighted by Crippen LogP contribution is 2.26. The van der Waals surface area contributed by atoms with Crippen LogP contribution in [0.3, 0.4) is 0 Å². The van der Waals surface area contributed by atoms with Crippen molar-refractivity contribution >= 4 is 23.4 Å². The molecule has 1 fully saturated rings. The van der Waals surface area contributed by atoms with Gasteiger partial charge in [-0.25, -0.2) is 0 Å². The lowest BCUT2D eigenvalue weighted by atomic mass is 10.1. The summed E-state index contributed by atoms with van der Waals surface area (Å²) >= 11 is 1.96. The highest BCUT2D eigenvalue weighted by Gasteiger charge is 2.27. The predicted octanol–water partition coefficient (Wildman–Crippen LogP) is 3.00. The van der Waals surface area contributed by atoms with Gasteiger partial charge in [-0.3, -0.25) is 4.79 Å². The average molecular weight is 278 g/mol. The smallest absolute Gasteiger partial charge is 0.254 e. The lowest BCUT2D eigenvalue weighted by Crippen LogP contribution is -2.44. The topological polar surface area (TPSA) is 32.3 Å². The molecule has 19 heavy (non-hydrogen) atoms. The molecule has 1 aromatic carbocycles. The summed E-state index contributed by atoms with van der Waals surface area (Å²) in [6.07, 6.45) is 0. The number of hydrogen-bond donors (Lipinski definition) is 1. The molecule has 0 saturated carbocycles. The molecule has 2 atom stereocenters. The first kappa shape index (κ1) is 14.3. The third kappa shape index (κ3) is 3.24. The zero-order chi connectivity index (χ0) is 14.0. The standard InChI is InChI=1S/C15H22N2OS/c1-10-7-13(16-4)5-6-14(10)15(18)17-8-11(2)19-12(3)9-17/h5-7,11-12,16H,8-9H2,1-4H3. The Bertz CT molecular complexity index is 465. The molecule has 1 aromatic rings. The first-order chi connectivity index (χ1) is 9.01. The normalized spacial score (nSPS) is 23.3. The largest absolute Gasteiger partial charge is 0.388 e. The van der Waals surface area contributed by atoms with Crippen LogP contribution in [0.1, 0.15) is 29.8 Å². The summed E-state index contributed by atoms with van der Waals surface area (Å²) in [5.74, 6) is 0.166. The molecule has 0 spiro atoms. The van der Waals surface area contributed by atoms with Crippen LogP contribution in [0.5, 0.6) is 0 Å². The van der Waals surface area contributed by atoms with Crippen molar-refractivity contribution in [2.24, 2.45) is 0 Å². The Kier molecular flexibility index (Phi) is 4.40. The molecule has 3 nitrogen and oxygen atoms in total. The Labute approximate surface area is 119 Å².